The lowest BCUT2D eigenvalue weighted by molar-refractivity contribution is 1.04. The predicted molar refractivity (Wildman–Crippen MR) is 103 cm³/mol. The van der Waals surface area contributed by atoms with Gasteiger partial charge in [0, 0.05) is 18.9 Å². The van der Waals surface area contributed by atoms with Crippen LogP contribution in [0.15, 0.2) is 97.6 Å². The lowest BCUT2D eigenvalue weighted by atomic mass is 10.0. The van der Waals surface area contributed by atoms with Gasteiger partial charge in [0.25, 0.3) is 0 Å². The first-order valence-corrected chi connectivity index (χ1v) is 8.36. The minimum Gasteiger partial charge on any atom is -0.379 e. The summed E-state index contributed by atoms with van der Waals surface area (Å²) in [4.78, 5) is 4.13. The summed E-state index contributed by atoms with van der Waals surface area (Å²) in [6.07, 6.45) is 5.56. The summed E-state index contributed by atoms with van der Waals surface area (Å²) < 4.78 is 2.01. The highest BCUT2D eigenvalue weighted by molar-refractivity contribution is 5.64. The maximum atomic E-state index is 4.13. The van der Waals surface area contributed by atoms with E-state index in [1.165, 1.54) is 16.7 Å². The Labute approximate surface area is 147 Å². The highest BCUT2D eigenvalue weighted by atomic mass is 15.0. The van der Waals surface area contributed by atoms with Gasteiger partial charge >= 0.3 is 0 Å². The lowest BCUT2D eigenvalue weighted by Gasteiger charge is -2.13. The Balaban J connectivity index is 1.49. The summed E-state index contributed by atoms with van der Waals surface area (Å²) in [5, 5.41) is 3.53. The van der Waals surface area contributed by atoms with Crippen LogP contribution in [0.25, 0.3) is 16.8 Å². The van der Waals surface area contributed by atoms with Gasteiger partial charge < -0.3 is 9.88 Å². The Hall–Kier alpha value is -3.33. The van der Waals surface area contributed by atoms with Crippen LogP contribution in [0.3, 0.4) is 0 Å². The molecule has 0 radical (unpaired) electrons. The molecule has 0 saturated carbocycles. The molecule has 0 aliphatic heterocycles. The molecular weight excluding hydrogens is 306 g/mol. The molecule has 3 aromatic carbocycles. The van der Waals surface area contributed by atoms with Crippen molar-refractivity contribution >= 4 is 5.69 Å². The number of para-hydroxylation sites is 2. The first kappa shape index (κ1) is 15.2. The molecule has 0 bridgehead atoms. The van der Waals surface area contributed by atoms with Crippen LogP contribution in [0.1, 0.15) is 5.56 Å². The van der Waals surface area contributed by atoms with Gasteiger partial charge in [-0.1, -0.05) is 66.7 Å². The van der Waals surface area contributed by atoms with Crippen molar-refractivity contribution in [3.63, 3.8) is 0 Å². The minimum atomic E-state index is 0.779. The van der Waals surface area contributed by atoms with Gasteiger partial charge in [-0.2, -0.15) is 0 Å². The summed E-state index contributed by atoms with van der Waals surface area (Å²) >= 11 is 0. The average Bonchev–Trinajstić information content (AvgIpc) is 3.22. The third-order valence-corrected chi connectivity index (χ3v) is 4.23. The highest BCUT2D eigenvalue weighted by Crippen LogP contribution is 2.22. The molecule has 0 spiro atoms. The molecule has 25 heavy (non-hydrogen) atoms. The average molecular weight is 325 g/mol. The van der Waals surface area contributed by atoms with Crippen LogP contribution in [0, 0.1) is 0 Å². The number of nitrogens with one attached hydrogen (secondary N) is 1. The Morgan fingerprint density at radius 3 is 2.24 bits per heavy atom. The van der Waals surface area contributed by atoms with E-state index < -0.39 is 0 Å². The number of hydrogen-bond donors (Lipinski definition) is 1. The first-order chi connectivity index (χ1) is 12.4. The number of aromatic nitrogens is 2. The topological polar surface area (TPSA) is 29.9 Å². The minimum absolute atomic E-state index is 0.779. The normalized spacial score (nSPS) is 10.6. The van der Waals surface area contributed by atoms with E-state index >= 15 is 0 Å². The Bertz CT molecular complexity index is 927. The van der Waals surface area contributed by atoms with Crippen molar-refractivity contribution in [2.45, 2.75) is 6.54 Å². The van der Waals surface area contributed by atoms with Crippen molar-refractivity contribution in [3.8, 4) is 16.8 Å². The Kier molecular flexibility index (Phi) is 4.29. The first-order valence-electron chi connectivity index (χ1n) is 8.36. The molecule has 0 amide bonds. The molecule has 4 aromatic rings. The zero-order valence-corrected chi connectivity index (χ0v) is 13.8. The van der Waals surface area contributed by atoms with Crippen LogP contribution in [-0.2, 0) is 6.54 Å². The van der Waals surface area contributed by atoms with Gasteiger partial charge in [-0.15, -0.1) is 0 Å². The second kappa shape index (κ2) is 7.05. The number of anilines is 1. The molecule has 0 atom stereocenters. The zero-order chi connectivity index (χ0) is 16.9. The second-order valence-electron chi connectivity index (χ2n) is 5.90. The van der Waals surface area contributed by atoms with Crippen molar-refractivity contribution < 1.29 is 0 Å². The zero-order valence-electron chi connectivity index (χ0n) is 13.8. The lowest BCUT2D eigenvalue weighted by Crippen LogP contribution is -2.03. The molecule has 1 aromatic heterocycles. The number of rotatable bonds is 5. The fourth-order valence-corrected chi connectivity index (χ4v) is 2.89. The summed E-state index contributed by atoms with van der Waals surface area (Å²) in [7, 11) is 0. The second-order valence-corrected chi connectivity index (χ2v) is 5.90. The van der Waals surface area contributed by atoms with Gasteiger partial charge in [0.1, 0.15) is 0 Å². The standard InChI is InChI=1S/C22H19N3/c1-2-6-19(7-3-1)20-12-10-18(11-13-20)16-24-21-8-4-5-9-22(21)25-15-14-23-17-25/h1-15,17,24H,16H2. The Morgan fingerprint density at radius 1 is 0.760 bits per heavy atom. The van der Waals surface area contributed by atoms with Crippen molar-refractivity contribution in [2.75, 3.05) is 5.32 Å². The molecule has 3 nitrogen and oxygen atoms in total. The van der Waals surface area contributed by atoms with Crippen molar-refractivity contribution in [3.05, 3.63) is 103 Å². The van der Waals surface area contributed by atoms with Crippen LogP contribution in [-0.4, -0.2) is 9.55 Å². The van der Waals surface area contributed by atoms with Crippen molar-refractivity contribution in [1.82, 2.24) is 9.55 Å². The largest absolute Gasteiger partial charge is 0.379 e. The van der Waals surface area contributed by atoms with E-state index in [-0.39, 0.29) is 0 Å². The molecule has 0 fully saturated rings. The quantitative estimate of drug-likeness (QED) is 0.550. The van der Waals surface area contributed by atoms with Gasteiger partial charge in [0.05, 0.1) is 17.7 Å². The van der Waals surface area contributed by atoms with Crippen LogP contribution in [0.2, 0.25) is 0 Å². The van der Waals surface area contributed by atoms with Crippen LogP contribution in [0.5, 0.6) is 0 Å². The molecule has 0 aliphatic carbocycles. The molecular formula is C22H19N3. The molecule has 122 valence electrons. The molecule has 0 saturated heterocycles. The number of benzene rings is 3. The number of nitrogens with zero attached hydrogens (tertiary/aromatic N) is 2. The fraction of sp³-hybridized carbons (Fsp3) is 0.0455. The summed E-state index contributed by atoms with van der Waals surface area (Å²) in [5.74, 6) is 0. The summed E-state index contributed by atoms with van der Waals surface area (Å²) in [6, 6.07) is 27.4. The van der Waals surface area contributed by atoms with Gasteiger partial charge in [-0.25, -0.2) is 4.98 Å². The van der Waals surface area contributed by atoms with E-state index in [2.05, 4.69) is 71.0 Å². The summed E-state index contributed by atoms with van der Waals surface area (Å²) in [5.41, 5.74) is 5.92. The number of imidazole rings is 1. The van der Waals surface area contributed by atoms with Gasteiger partial charge in [-0.05, 0) is 28.8 Å². The smallest absolute Gasteiger partial charge is 0.0992 e. The maximum absolute atomic E-state index is 4.13. The molecule has 3 heteroatoms. The van der Waals surface area contributed by atoms with E-state index in [9.17, 15) is 0 Å². The third-order valence-electron chi connectivity index (χ3n) is 4.23. The van der Waals surface area contributed by atoms with Gasteiger partial charge in [-0.3, -0.25) is 0 Å². The number of hydrogen-bond acceptors (Lipinski definition) is 2. The predicted octanol–water partition coefficient (Wildman–Crippen LogP) is 5.15. The summed E-state index contributed by atoms with van der Waals surface area (Å²) in [6.45, 7) is 0.779. The van der Waals surface area contributed by atoms with E-state index in [0.29, 0.717) is 0 Å². The van der Waals surface area contributed by atoms with E-state index in [4.69, 9.17) is 0 Å². The Morgan fingerprint density at radius 2 is 1.48 bits per heavy atom. The molecule has 0 aliphatic rings. The van der Waals surface area contributed by atoms with Crippen LogP contribution >= 0.6 is 0 Å². The third kappa shape index (κ3) is 3.45. The molecule has 0 unspecified atom stereocenters. The van der Waals surface area contributed by atoms with E-state index in [1.807, 2.05) is 35.3 Å². The van der Waals surface area contributed by atoms with Crippen molar-refractivity contribution in [1.29, 1.82) is 0 Å². The van der Waals surface area contributed by atoms with E-state index in [0.717, 1.165) is 17.9 Å². The molecule has 1 N–H and O–H groups in total. The van der Waals surface area contributed by atoms with Crippen LogP contribution < -0.4 is 5.32 Å². The highest BCUT2D eigenvalue weighted by Gasteiger charge is 2.03. The van der Waals surface area contributed by atoms with E-state index in [1.54, 1.807) is 6.20 Å². The van der Waals surface area contributed by atoms with Crippen molar-refractivity contribution in [2.24, 2.45) is 0 Å². The SMILES string of the molecule is c1ccc(-c2ccc(CNc3ccccc3-n3ccnc3)cc2)cc1. The monoisotopic (exact) mass is 325 g/mol. The fourth-order valence-electron chi connectivity index (χ4n) is 2.89. The van der Waals surface area contributed by atoms with Gasteiger partial charge in [0.2, 0.25) is 0 Å². The maximum Gasteiger partial charge on any atom is 0.0992 e. The van der Waals surface area contributed by atoms with Crippen LogP contribution in [0.4, 0.5) is 5.69 Å². The molecule has 1 heterocycles. The van der Waals surface area contributed by atoms with Gasteiger partial charge in [0.15, 0.2) is 0 Å². The molecule has 4 rings (SSSR count).